The predicted octanol–water partition coefficient (Wildman–Crippen LogP) is 4.51. The van der Waals surface area contributed by atoms with Gasteiger partial charge in [-0.3, -0.25) is 4.79 Å². The molecule has 0 bridgehead atoms. The maximum Gasteiger partial charge on any atom is 0.251 e. The molecule has 1 atom stereocenters. The van der Waals surface area contributed by atoms with Crippen LogP contribution < -0.4 is 5.32 Å². The van der Waals surface area contributed by atoms with Gasteiger partial charge in [-0.25, -0.2) is 0 Å². The van der Waals surface area contributed by atoms with Gasteiger partial charge in [-0.1, -0.05) is 12.1 Å². The summed E-state index contributed by atoms with van der Waals surface area (Å²) in [5.41, 5.74) is 3.89. The fourth-order valence-corrected chi connectivity index (χ4v) is 3.94. The van der Waals surface area contributed by atoms with Gasteiger partial charge in [0, 0.05) is 12.1 Å². The van der Waals surface area contributed by atoms with Crippen molar-refractivity contribution in [2.24, 2.45) is 0 Å². The van der Waals surface area contributed by atoms with Crippen LogP contribution in [0.3, 0.4) is 0 Å². The quantitative estimate of drug-likeness (QED) is 0.774. The Balaban J connectivity index is 1.97. The van der Waals surface area contributed by atoms with Gasteiger partial charge in [-0.2, -0.15) is 0 Å². The van der Waals surface area contributed by atoms with Crippen molar-refractivity contribution in [3.63, 3.8) is 0 Å². The van der Waals surface area contributed by atoms with Gasteiger partial charge in [-0.05, 0) is 63.0 Å². The molecule has 0 fully saturated rings. The van der Waals surface area contributed by atoms with Gasteiger partial charge in [0.2, 0.25) is 0 Å². The first kappa shape index (κ1) is 14.1. The maximum absolute atomic E-state index is 12.1. The number of carbonyl (C=O) groups is 1. The van der Waals surface area contributed by atoms with Crippen molar-refractivity contribution in [3.05, 3.63) is 55.7 Å². The molecule has 5 heteroatoms. The number of hydrogen-bond donors (Lipinski definition) is 1. The van der Waals surface area contributed by atoms with Gasteiger partial charge < -0.3 is 5.32 Å². The average molecular weight is 371 g/mol. The molecule has 0 saturated heterocycles. The molecule has 20 heavy (non-hydrogen) atoms. The fourth-order valence-electron chi connectivity index (χ4n) is 2.41. The van der Waals surface area contributed by atoms with E-state index >= 15 is 0 Å². The Morgan fingerprint density at radius 3 is 2.90 bits per heavy atom. The van der Waals surface area contributed by atoms with Gasteiger partial charge in [-0.15, -0.1) is 22.9 Å². The van der Waals surface area contributed by atoms with E-state index in [1.165, 1.54) is 0 Å². The minimum Gasteiger partial charge on any atom is -0.352 e. The Hall–Kier alpha value is -0.840. The highest BCUT2D eigenvalue weighted by atomic mass is 79.9. The zero-order chi connectivity index (χ0) is 14.1. The van der Waals surface area contributed by atoms with E-state index < -0.39 is 0 Å². The standard InChI is InChI=1S/C15H13BrClNOS/c16-13-7-11(8-20-13)14(17)10-4-3-9-2-1-5-18-15(19)12(9)6-10/h3-4,6-8,14H,1-2,5H2,(H,18,19). The molecule has 0 spiro atoms. The van der Waals surface area contributed by atoms with Crippen LogP contribution in [0.2, 0.25) is 0 Å². The predicted molar refractivity (Wildman–Crippen MR) is 86.8 cm³/mol. The van der Waals surface area contributed by atoms with Crippen LogP contribution in [-0.4, -0.2) is 12.5 Å². The van der Waals surface area contributed by atoms with Crippen molar-refractivity contribution < 1.29 is 4.79 Å². The van der Waals surface area contributed by atoms with Crippen LogP contribution in [0.15, 0.2) is 33.4 Å². The highest BCUT2D eigenvalue weighted by Crippen LogP contribution is 2.34. The third-order valence-corrected chi connectivity index (χ3v) is 5.49. The van der Waals surface area contributed by atoms with Gasteiger partial charge in [0.25, 0.3) is 5.91 Å². The summed E-state index contributed by atoms with van der Waals surface area (Å²) in [4.78, 5) is 12.1. The van der Waals surface area contributed by atoms with Crippen LogP contribution in [0.5, 0.6) is 0 Å². The number of carbonyl (C=O) groups excluding carboxylic acids is 1. The van der Waals surface area contributed by atoms with Crippen LogP contribution in [-0.2, 0) is 6.42 Å². The molecule has 0 radical (unpaired) electrons. The number of aryl methyl sites for hydroxylation is 1. The Kier molecular flexibility index (Phi) is 4.15. The van der Waals surface area contributed by atoms with Crippen LogP contribution in [0, 0.1) is 0 Å². The van der Waals surface area contributed by atoms with E-state index in [4.69, 9.17) is 11.6 Å². The minimum atomic E-state index is -0.223. The second-order valence-corrected chi connectivity index (χ2v) is 7.55. The van der Waals surface area contributed by atoms with E-state index in [2.05, 4.69) is 21.2 Å². The molecular formula is C15H13BrClNOS. The van der Waals surface area contributed by atoms with E-state index in [1.807, 2.05) is 29.6 Å². The average Bonchev–Trinajstić information content (AvgIpc) is 2.80. The number of benzene rings is 1. The van der Waals surface area contributed by atoms with Crippen LogP contribution in [0.25, 0.3) is 0 Å². The Labute approximate surface area is 135 Å². The van der Waals surface area contributed by atoms with Gasteiger partial charge in [0.15, 0.2) is 0 Å². The number of thiophene rings is 1. The molecule has 0 aliphatic carbocycles. The number of halogens is 2. The first-order valence-corrected chi connectivity index (χ1v) is 8.55. The maximum atomic E-state index is 12.1. The molecule has 2 nitrogen and oxygen atoms in total. The molecule has 1 unspecified atom stereocenters. The second-order valence-electron chi connectivity index (χ2n) is 4.82. The Bertz CT molecular complexity index is 655. The number of nitrogens with one attached hydrogen (secondary N) is 1. The highest BCUT2D eigenvalue weighted by Gasteiger charge is 2.19. The van der Waals surface area contributed by atoms with Gasteiger partial charge >= 0.3 is 0 Å². The molecule has 1 aliphatic heterocycles. The topological polar surface area (TPSA) is 29.1 Å². The first-order valence-electron chi connectivity index (χ1n) is 6.44. The Morgan fingerprint density at radius 2 is 2.15 bits per heavy atom. The van der Waals surface area contributed by atoms with Crippen LogP contribution >= 0.6 is 38.9 Å². The monoisotopic (exact) mass is 369 g/mol. The lowest BCUT2D eigenvalue weighted by Crippen LogP contribution is -2.22. The lowest BCUT2D eigenvalue weighted by molar-refractivity contribution is 0.0956. The molecule has 104 valence electrons. The number of fused-ring (bicyclic) bond motifs is 1. The minimum absolute atomic E-state index is 0.00900. The van der Waals surface area contributed by atoms with E-state index in [0.29, 0.717) is 0 Å². The second kappa shape index (κ2) is 5.88. The molecule has 2 aromatic rings. The van der Waals surface area contributed by atoms with Crippen molar-refractivity contribution in [2.75, 3.05) is 6.54 Å². The lowest BCUT2D eigenvalue weighted by atomic mass is 9.98. The Morgan fingerprint density at radius 1 is 1.30 bits per heavy atom. The fraction of sp³-hybridized carbons (Fsp3) is 0.267. The third kappa shape index (κ3) is 2.78. The normalized spacial score (nSPS) is 16.2. The van der Waals surface area contributed by atoms with E-state index in [9.17, 15) is 4.79 Å². The lowest BCUT2D eigenvalue weighted by Gasteiger charge is -2.12. The molecule has 1 aromatic heterocycles. The van der Waals surface area contributed by atoms with Crippen molar-refractivity contribution in [2.45, 2.75) is 18.2 Å². The summed E-state index contributed by atoms with van der Waals surface area (Å²) in [6.07, 6.45) is 1.92. The van der Waals surface area contributed by atoms with E-state index in [0.717, 1.165) is 45.4 Å². The first-order chi connectivity index (χ1) is 9.65. The van der Waals surface area contributed by atoms with Crippen LogP contribution in [0.1, 0.15) is 38.8 Å². The van der Waals surface area contributed by atoms with Crippen molar-refractivity contribution in [1.29, 1.82) is 0 Å². The smallest absolute Gasteiger partial charge is 0.251 e. The van der Waals surface area contributed by atoms with E-state index in [-0.39, 0.29) is 11.3 Å². The summed E-state index contributed by atoms with van der Waals surface area (Å²) < 4.78 is 1.06. The summed E-state index contributed by atoms with van der Waals surface area (Å²) in [5, 5.41) is 4.74. The summed E-state index contributed by atoms with van der Waals surface area (Å²) in [6, 6.07) is 8.01. The van der Waals surface area contributed by atoms with E-state index in [1.54, 1.807) is 11.3 Å². The summed E-state index contributed by atoms with van der Waals surface area (Å²) in [7, 11) is 0. The van der Waals surface area contributed by atoms with Gasteiger partial charge in [0.1, 0.15) is 0 Å². The zero-order valence-electron chi connectivity index (χ0n) is 10.7. The molecular weight excluding hydrogens is 358 g/mol. The molecule has 3 rings (SSSR count). The molecule has 1 aliphatic rings. The summed E-state index contributed by atoms with van der Waals surface area (Å²) in [6.45, 7) is 0.741. The van der Waals surface area contributed by atoms with Crippen molar-refractivity contribution in [1.82, 2.24) is 5.32 Å². The van der Waals surface area contributed by atoms with Crippen molar-refractivity contribution in [3.8, 4) is 0 Å². The summed E-state index contributed by atoms with van der Waals surface area (Å²) >= 11 is 11.6. The molecule has 1 amide bonds. The zero-order valence-corrected chi connectivity index (χ0v) is 13.8. The number of amides is 1. The number of alkyl halides is 1. The SMILES string of the molecule is O=C1NCCCc2ccc(C(Cl)c3csc(Br)c3)cc21. The van der Waals surface area contributed by atoms with Crippen LogP contribution in [0.4, 0.5) is 0 Å². The number of rotatable bonds is 2. The van der Waals surface area contributed by atoms with Crippen molar-refractivity contribution >= 4 is 44.8 Å². The highest BCUT2D eigenvalue weighted by molar-refractivity contribution is 9.11. The summed E-state index contributed by atoms with van der Waals surface area (Å²) in [5.74, 6) is 0.00900. The molecule has 2 heterocycles. The molecule has 0 saturated carbocycles. The number of hydrogen-bond acceptors (Lipinski definition) is 2. The largest absolute Gasteiger partial charge is 0.352 e. The molecule has 1 N–H and O–H groups in total. The van der Waals surface area contributed by atoms with Gasteiger partial charge in [0.05, 0.1) is 9.16 Å². The third-order valence-electron chi connectivity index (χ3n) is 3.46. The molecule has 1 aromatic carbocycles.